The average Bonchev–Trinajstić information content (AvgIpc) is 2.34. The van der Waals surface area contributed by atoms with Gasteiger partial charge in [-0.1, -0.05) is 6.08 Å². The number of carbonyl (C=O) groups excluding carboxylic acids is 1. The number of amides is 1. The lowest BCUT2D eigenvalue weighted by Gasteiger charge is -2.22. The molecule has 6 nitrogen and oxygen atoms in total. The van der Waals surface area contributed by atoms with Gasteiger partial charge < -0.3 is 20.5 Å². The van der Waals surface area contributed by atoms with Crippen molar-refractivity contribution in [2.24, 2.45) is 5.92 Å². The number of hydrogen-bond donors (Lipinski definition) is 3. The summed E-state index contributed by atoms with van der Waals surface area (Å²) in [6, 6.07) is 0. The molecule has 124 valence electrons. The first-order chi connectivity index (χ1) is 10.1. The van der Waals surface area contributed by atoms with E-state index in [1.165, 1.54) is 0 Å². The number of aliphatic carboxylic acids is 1. The summed E-state index contributed by atoms with van der Waals surface area (Å²) < 4.78 is 7.01. The molecule has 22 heavy (non-hydrogen) atoms. The van der Waals surface area contributed by atoms with E-state index in [2.05, 4.69) is 55.8 Å². The van der Waals surface area contributed by atoms with E-state index in [1.807, 2.05) is 20.8 Å². The van der Waals surface area contributed by atoms with Gasteiger partial charge in [0.15, 0.2) is 0 Å². The molecular weight excluding hydrogens is 514 g/mol. The van der Waals surface area contributed by atoms with Crippen molar-refractivity contribution in [3.63, 3.8) is 0 Å². The summed E-state index contributed by atoms with van der Waals surface area (Å²) in [6.07, 6.45) is 1.79. The third-order valence-electron chi connectivity index (χ3n) is 2.67. The minimum atomic E-state index is -0.811. The van der Waals surface area contributed by atoms with E-state index >= 15 is 0 Å². The lowest BCUT2D eigenvalue weighted by Crippen LogP contribution is -2.36. The van der Waals surface area contributed by atoms with Crippen LogP contribution in [0.5, 0.6) is 0 Å². The Kier molecular flexibility index (Phi) is 7.42. The molecule has 0 radical (unpaired) electrons. The number of rotatable bonds is 5. The molecular formula is C14H20I2N2O4. The van der Waals surface area contributed by atoms with Crippen molar-refractivity contribution in [1.82, 2.24) is 10.6 Å². The van der Waals surface area contributed by atoms with Crippen LogP contribution in [0.3, 0.4) is 0 Å². The summed E-state index contributed by atoms with van der Waals surface area (Å²) in [7, 11) is 0. The molecule has 0 spiro atoms. The van der Waals surface area contributed by atoms with Crippen LogP contribution in [0.1, 0.15) is 27.2 Å². The monoisotopic (exact) mass is 534 g/mol. The Hall–Kier alpha value is -0.520. The molecule has 1 rings (SSSR count). The van der Waals surface area contributed by atoms with E-state index in [0.717, 1.165) is 12.9 Å². The number of nitrogens with one attached hydrogen (secondary N) is 2. The first kappa shape index (κ1) is 19.5. The summed E-state index contributed by atoms with van der Waals surface area (Å²) in [6.45, 7) is 6.40. The first-order valence-corrected chi connectivity index (χ1v) is 8.96. The zero-order valence-corrected chi connectivity index (χ0v) is 17.0. The number of carboxylic acid groups (broad SMARTS) is 1. The van der Waals surface area contributed by atoms with Crippen LogP contribution in [0, 0.1) is 5.92 Å². The normalized spacial score (nSPS) is 18.6. The molecule has 0 fully saturated rings. The Morgan fingerprint density at radius 1 is 1.36 bits per heavy atom. The molecule has 1 unspecified atom stereocenters. The summed E-state index contributed by atoms with van der Waals surface area (Å²) >= 11 is 4.29. The smallest absolute Gasteiger partial charge is 0.407 e. The third kappa shape index (κ3) is 6.71. The molecule has 0 aliphatic heterocycles. The van der Waals surface area contributed by atoms with Gasteiger partial charge in [-0.3, -0.25) is 4.79 Å². The predicted octanol–water partition coefficient (Wildman–Crippen LogP) is 3.17. The lowest BCUT2D eigenvalue weighted by molar-refractivity contribution is -0.140. The predicted molar refractivity (Wildman–Crippen MR) is 101 cm³/mol. The Labute approximate surface area is 157 Å². The minimum absolute atomic E-state index is 0.425. The molecule has 8 heteroatoms. The Morgan fingerprint density at radius 2 is 2.00 bits per heavy atom. The van der Waals surface area contributed by atoms with Gasteiger partial charge in [0.2, 0.25) is 0 Å². The molecule has 0 aromatic carbocycles. The van der Waals surface area contributed by atoms with Crippen LogP contribution in [0.4, 0.5) is 4.79 Å². The lowest BCUT2D eigenvalue weighted by atomic mass is 10.00. The van der Waals surface area contributed by atoms with Gasteiger partial charge in [-0.15, -0.1) is 0 Å². The summed E-state index contributed by atoms with van der Waals surface area (Å²) in [5, 5.41) is 15.0. The second kappa shape index (κ2) is 8.37. The van der Waals surface area contributed by atoms with Crippen LogP contribution in [-0.2, 0) is 9.53 Å². The number of allylic oxidation sites excluding steroid dienone is 2. The van der Waals surface area contributed by atoms with Gasteiger partial charge in [-0.05, 0) is 72.4 Å². The van der Waals surface area contributed by atoms with Gasteiger partial charge in [0.05, 0.1) is 11.6 Å². The molecule has 0 aromatic heterocycles. The summed E-state index contributed by atoms with van der Waals surface area (Å²) in [5.41, 5.74) is 0.424. The molecule has 0 heterocycles. The minimum Gasteiger partial charge on any atom is -0.481 e. The number of halogens is 2. The Morgan fingerprint density at radius 3 is 2.50 bits per heavy atom. The van der Waals surface area contributed by atoms with Crippen molar-refractivity contribution in [2.75, 3.05) is 13.1 Å². The van der Waals surface area contributed by atoms with Crippen LogP contribution in [0.15, 0.2) is 18.9 Å². The SMILES string of the molecule is CC(C)(C)OC(=O)NCCNC1=C(I)CC(C(=O)O)C=C1I. The van der Waals surface area contributed by atoms with Gasteiger partial charge in [0.25, 0.3) is 0 Å². The summed E-state index contributed by atoms with van der Waals surface area (Å²) in [4.78, 5) is 22.5. The van der Waals surface area contributed by atoms with E-state index in [4.69, 9.17) is 9.84 Å². The molecule has 0 bridgehead atoms. The number of carboxylic acids is 1. The van der Waals surface area contributed by atoms with Gasteiger partial charge in [-0.25, -0.2) is 4.79 Å². The van der Waals surface area contributed by atoms with E-state index in [9.17, 15) is 9.59 Å². The maximum absolute atomic E-state index is 11.5. The second-order valence-electron chi connectivity index (χ2n) is 5.80. The van der Waals surface area contributed by atoms with Gasteiger partial charge in [0.1, 0.15) is 5.60 Å². The maximum atomic E-state index is 11.5. The highest BCUT2D eigenvalue weighted by Gasteiger charge is 2.24. The first-order valence-electron chi connectivity index (χ1n) is 6.80. The third-order valence-corrected chi connectivity index (χ3v) is 4.55. The van der Waals surface area contributed by atoms with Gasteiger partial charge >= 0.3 is 12.1 Å². The summed E-state index contributed by atoms with van der Waals surface area (Å²) in [5.74, 6) is -1.28. The van der Waals surface area contributed by atoms with E-state index in [-0.39, 0.29) is 0 Å². The van der Waals surface area contributed by atoms with Crippen LogP contribution in [0.2, 0.25) is 0 Å². The van der Waals surface area contributed by atoms with Crippen molar-refractivity contribution in [3.8, 4) is 0 Å². The molecule has 3 N–H and O–H groups in total. The molecule has 0 aromatic rings. The molecule has 1 aliphatic carbocycles. The zero-order chi connectivity index (χ0) is 16.9. The number of ether oxygens (including phenoxy) is 1. The Bertz CT molecular complexity index is 509. The maximum Gasteiger partial charge on any atom is 0.407 e. The number of carbonyl (C=O) groups is 2. The van der Waals surface area contributed by atoms with Crippen molar-refractivity contribution < 1.29 is 19.4 Å². The number of alkyl carbamates (subject to hydrolysis) is 1. The quantitative estimate of drug-likeness (QED) is 0.373. The van der Waals surface area contributed by atoms with Crippen molar-refractivity contribution in [2.45, 2.75) is 32.8 Å². The fourth-order valence-electron chi connectivity index (χ4n) is 1.75. The largest absolute Gasteiger partial charge is 0.481 e. The topological polar surface area (TPSA) is 87.7 Å². The fraction of sp³-hybridized carbons (Fsp3) is 0.571. The standard InChI is InChI=1S/C14H20I2N2O4/c1-14(2,3)22-13(21)18-5-4-17-11-9(15)6-8(12(19)20)7-10(11)16/h6,8,17H,4-5,7H2,1-3H3,(H,18,21)(H,19,20). The molecule has 1 amide bonds. The molecule has 1 aliphatic rings. The van der Waals surface area contributed by atoms with Gasteiger partial charge in [0, 0.05) is 20.2 Å². The van der Waals surface area contributed by atoms with Crippen LogP contribution < -0.4 is 10.6 Å². The molecule has 0 saturated carbocycles. The van der Waals surface area contributed by atoms with Crippen LogP contribution >= 0.6 is 45.2 Å². The van der Waals surface area contributed by atoms with E-state index < -0.39 is 23.6 Å². The van der Waals surface area contributed by atoms with Crippen LogP contribution in [-0.4, -0.2) is 35.9 Å². The fourth-order valence-corrected chi connectivity index (χ4v) is 4.17. The zero-order valence-electron chi connectivity index (χ0n) is 12.7. The van der Waals surface area contributed by atoms with Gasteiger partial charge in [-0.2, -0.15) is 0 Å². The van der Waals surface area contributed by atoms with Crippen LogP contribution in [0.25, 0.3) is 0 Å². The highest BCUT2D eigenvalue weighted by molar-refractivity contribution is 14.1. The van der Waals surface area contributed by atoms with Crippen molar-refractivity contribution >= 4 is 57.2 Å². The van der Waals surface area contributed by atoms with E-state index in [1.54, 1.807) is 6.08 Å². The highest BCUT2D eigenvalue weighted by atomic mass is 127. The van der Waals surface area contributed by atoms with Crippen molar-refractivity contribution in [1.29, 1.82) is 0 Å². The Balaban J connectivity index is 2.43. The van der Waals surface area contributed by atoms with E-state index in [0.29, 0.717) is 19.5 Å². The number of hydrogen-bond acceptors (Lipinski definition) is 4. The van der Waals surface area contributed by atoms with Crippen molar-refractivity contribution in [3.05, 3.63) is 18.9 Å². The molecule has 1 atom stereocenters. The highest BCUT2D eigenvalue weighted by Crippen LogP contribution is 2.34. The molecule has 0 saturated heterocycles. The second-order valence-corrected chi connectivity index (χ2v) is 8.26. The average molecular weight is 534 g/mol.